The van der Waals surface area contributed by atoms with E-state index in [-0.39, 0.29) is 11.5 Å². The second kappa shape index (κ2) is 5.33. The van der Waals surface area contributed by atoms with E-state index in [2.05, 4.69) is 36.1 Å². The number of anilines is 2. The number of hydrogen-bond acceptors (Lipinski definition) is 5. The van der Waals surface area contributed by atoms with Gasteiger partial charge in [0.25, 0.3) is 0 Å². The quantitative estimate of drug-likeness (QED) is 0.877. The van der Waals surface area contributed by atoms with E-state index in [1.54, 1.807) is 0 Å². The summed E-state index contributed by atoms with van der Waals surface area (Å²) in [4.78, 5) is 8.98. The first-order valence-corrected chi connectivity index (χ1v) is 6.91. The fraction of sp³-hybridized carbons (Fsp3) is 0.714. The zero-order chi connectivity index (χ0) is 14.0. The van der Waals surface area contributed by atoms with E-state index in [1.165, 1.54) is 0 Å². The van der Waals surface area contributed by atoms with Crippen LogP contribution in [0.3, 0.4) is 0 Å². The van der Waals surface area contributed by atoms with Gasteiger partial charge in [-0.1, -0.05) is 13.8 Å². The predicted octanol–water partition coefficient (Wildman–Crippen LogP) is 2.47. The van der Waals surface area contributed by atoms with Gasteiger partial charge in [-0.2, -0.15) is 0 Å². The molecule has 3 N–H and O–H groups in total. The van der Waals surface area contributed by atoms with E-state index < -0.39 is 0 Å². The Morgan fingerprint density at radius 3 is 2.47 bits per heavy atom. The maximum absolute atomic E-state index is 5.99. The minimum atomic E-state index is 0.0258. The minimum Gasteiger partial charge on any atom is -0.383 e. The smallest absolute Gasteiger partial charge is 0.135 e. The fourth-order valence-corrected chi connectivity index (χ4v) is 2.16. The molecule has 1 saturated heterocycles. The molecule has 2 rings (SSSR count). The Balaban J connectivity index is 2.28. The highest BCUT2D eigenvalue weighted by molar-refractivity contribution is 5.56. The molecule has 0 spiro atoms. The third-order valence-corrected chi connectivity index (χ3v) is 3.73. The fourth-order valence-electron chi connectivity index (χ4n) is 2.16. The van der Waals surface area contributed by atoms with Crippen LogP contribution in [0.5, 0.6) is 0 Å². The lowest BCUT2D eigenvalue weighted by atomic mass is 9.92. The number of rotatable bonds is 3. The number of hydrogen-bond donors (Lipinski definition) is 2. The van der Waals surface area contributed by atoms with Gasteiger partial charge in [0.15, 0.2) is 0 Å². The number of aromatic nitrogens is 2. The molecule has 0 unspecified atom stereocenters. The van der Waals surface area contributed by atoms with E-state index >= 15 is 0 Å². The number of nitrogens with two attached hydrogens (primary N) is 1. The van der Waals surface area contributed by atoms with Crippen molar-refractivity contribution >= 4 is 11.6 Å². The van der Waals surface area contributed by atoms with Crippen molar-refractivity contribution < 1.29 is 4.74 Å². The van der Waals surface area contributed by atoms with Crippen molar-refractivity contribution in [3.05, 3.63) is 11.4 Å². The van der Waals surface area contributed by atoms with Crippen molar-refractivity contribution in [1.82, 2.24) is 9.97 Å². The molecule has 0 radical (unpaired) electrons. The molecule has 0 aromatic carbocycles. The van der Waals surface area contributed by atoms with E-state index in [9.17, 15) is 0 Å². The zero-order valence-electron chi connectivity index (χ0n) is 12.3. The summed E-state index contributed by atoms with van der Waals surface area (Å²) in [6.45, 7) is 9.90. The summed E-state index contributed by atoms with van der Waals surface area (Å²) >= 11 is 0. The zero-order valence-corrected chi connectivity index (χ0v) is 12.3. The van der Waals surface area contributed by atoms with Gasteiger partial charge in [0.1, 0.15) is 17.5 Å². The third-order valence-electron chi connectivity index (χ3n) is 3.73. The molecule has 0 atom stereocenters. The molecule has 2 heterocycles. The molecule has 1 aliphatic heterocycles. The first kappa shape index (κ1) is 14.1. The molecule has 19 heavy (non-hydrogen) atoms. The molecular weight excluding hydrogens is 240 g/mol. The van der Waals surface area contributed by atoms with Gasteiger partial charge >= 0.3 is 0 Å². The Hall–Kier alpha value is -1.36. The second-order valence-electron chi connectivity index (χ2n) is 5.89. The van der Waals surface area contributed by atoms with E-state index in [1.807, 2.05) is 6.92 Å². The first-order chi connectivity index (χ1) is 8.91. The van der Waals surface area contributed by atoms with Gasteiger partial charge in [0, 0.05) is 30.2 Å². The van der Waals surface area contributed by atoms with Crippen LogP contribution in [0.2, 0.25) is 0 Å². The average Bonchev–Trinajstić information content (AvgIpc) is 2.35. The molecule has 0 bridgehead atoms. The van der Waals surface area contributed by atoms with Crippen molar-refractivity contribution in [2.24, 2.45) is 0 Å². The average molecular weight is 264 g/mol. The van der Waals surface area contributed by atoms with Gasteiger partial charge in [0.2, 0.25) is 0 Å². The number of ether oxygens (including phenoxy) is 1. The Kier molecular flexibility index (Phi) is 3.94. The van der Waals surface area contributed by atoms with Gasteiger partial charge in [-0.05, 0) is 26.7 Å². The molecule has 0 aliphatic carbocycles. The van der Waals surface area contributed by atoms with Gasteiger partial charge in [-0.3, -0.25) is 0 Å². The van der Waals surface area contributed by atoms with Crippen LogP contribution in [0, 0.1) is 6.92 Å². The summed E-state index contributed by atoms with van der Waals surface area (Å²) < 4.78 is 5.42. The van der Waals surface area contributed by atoms with Crippen molar-refractivity contribution in [2.75, 3.05) is 24.3 Å². The van der Waals surface area contributed by atoms with E-state index in [0.717, 1.165) is 43.3 Å². The van der Waals surface area contributed by atoms with Crippen LogP contribution in [-0.2, 0) is 4.74 Å². The minimum absolute atomic E-state index is 0.0258. The number of nitrogens with one attached hydrogen (secondary N) is 1. The molecule has 1 aromatic rings. The third kappa shape index (κ3) is 3.15. The lowest BCUT2D eigenvalue weighted by Crippen LogP contribution is -2.41. The second-order valence-corrected chi connectivity index (χ2v) is 5.89. The summed E-state index contributed by atoms with van der Waals surface area (Å²) in [6, 6.07) is 0. The van der Waals surface area contributed by atoms with Gasteiger partial charge < -0.3 is 15.8 Å². The molecule has 106 valence electrons. The number of nitrogens with zero attached hydrogens (tertiary/aromatic N) is 2. The molecule has 5 nitrogen and oxygen atoms in total. The topological polar surface area (TPSA) is 73.1 Å². The van der Waals surface area contributed by atoms with Crippen molar-refractivity contribution in [3.8, 4) is 0 Å². The first-order valence-electron chi connectivity index (χ1n) is 6.91. The van der Waals surface area contributed by atoms with Gasteiger partial charge in [-0.15, -0.1) is 0 Å². The highest BCUT2D eigenvalue weighted by atomic mass is 16.5. The monoisotopic (exact) mass is 264 g/mol. The SMILES string of the molecule is Cc1c(N)nc(C(C)C)nc1NC1(C)CCOCC1. The molecule has 0 saturated carbocycles. The molecule has 1 aliphatic rings. The Labute approximate surface area is 115 Å². The maximum atomic E-state index is 5.99. The predicted molar refractivity (Wildman–Crippen MR) is 77.4 cm³/mol. The van der Waals surface area contributed by atoms with Crippen LogP contribution < -0.4 is 11.1 Å². The van der Waals surface area contributed by atoms with Gasteiger partial charge in [-0.25, -0.2) is 9.97 Å². The highest BCUT2D eigenvalue weighted by Gasteiger charge is 2.28. The summed E-state index contributed by atoms with van der Waals surface area (Å²) in [7, 11) is 0. The molecular formula is C14H24N4O. The highest BCUT2D eigenvalue weighted by Crippen LogP contribution is 2.28. The summed E-state index contributed by atoms with van der Waals surface area (Å²) in [6.07, 6.45) is 1.96. The maximum Gasteiger partial charge on any atom is 0.135 e. The van der Waals surface area contributed by atoms with Crippen LogP contribution in [-0.4, -0.2) is 28.7 Å². The van der Waals surface area contributed by atoms with Crippen LogP contribution in [0.4, 0.5) is 11.6 Å². The van der Waals surface area contributed by atoms with Crippen LogP contribution in [0.25, 0.3) is 0 Å². The number of nitrogen functional groups attached to an aromatic ring is 1. The van der Waals surface area contributed by atoms with Crippen LogP contribution in [0.15, 0.2) is 0 Å². The summed E-state index contributed by atoms with van der Waals surface area (Å²) in [5.74, 6) is 2.49. The lowest BCUT2D eigenvalue weighted by Gasteiger charge is -2.35. The van der Waals surface area contributed by atoms with Gasteiger partial charge in [0.05, 0.1) is 0 Å². The molecule has 1 fully saturated rings. The largest absolute Gasteiger partial charge is 0.383 e. The van der Waals surface area contributed by atoms with E-state index in [4.69, 9.17) is 10.5 Å². The van der Waals surface area contributed by atoms with Crippen LogP contribution >= 0.6 is 0 Å². The standard InChI is InChI=1S/C14H24N4O/c1-9(2)12-16-11(15)10(3)13(17-12)18-14(4)5-7-19-8-6-14/h9H,5-8H2,1-4H3,(H3,15,16,17,18). The van der Waals surface area contributed by atoms with Crippen LogP contribution in [0.1, 0.15) is 50.9 Å². The molecule has 0 amide bonds. The summed E-state index contributed by atoms with van der Waals surface area (Å²) in [5, 5.41) is 3.55. The van der Waals surface area contributed by atoms with Crippen molar-refractivity contribution in [1.29, 1.82) is 0 Å². The molecule has 5 heteroatoms. The molecule has 1 aromatic heterocycles. The summed E-state index contributed by atoms with van der Waals surface area (Å²) in [5.41, 5.74) is 6.95. The lowest BCUT2D eigenvalue weighted by molar-refractivity contribution is 0.0657. The van der Waals surface area contributed by atoms with Crippen molar-refractivity contribution in [2.45, 2.75) is 52.0 Å². The van der Waals surface area contributed by atoms with E-state index in [0.29, 0.717) is 5.82 Å². The Morgan fingerprint density at radius 1 is 1.26 bits per heavy atom. The normalized spacial score (nSPS) is 18.6. The Morgan fingerprint density at radius 2 is 1.89 bits per heavy atom. The van der Waals surface area contributed by atoms with Crippen molar-refractivity contribution in [3.63, 3.8) is 0 Å². The Bertz CT molecular complexity index is 453.